The van der Waals surface area contributed by atoms with Gasteiger partial charge in [0.2, 0.25) is 0 Å². The Morgan fingerprint density at radius 3 is 1.85 bits per heavy atom. The minimum Gasteiger partial charge on any atom is -0.497 e. The number of hydrogen-bond acceptors (Lipinski definition) is 5. The second-order valence-electron chi connectivity index (χ2n) is 6.09. The standard InChI is InChI=1S/C21H27NO5/c1-5-20(27-19-12-8-17(25-4)9-13-19)21(23)22-15(2)14-26-18-10-6-16(24-3)7-11-18/h6-13,15,20H,5,14H2,1-4H3,(H,22,23)/t15-,20-/m0/s1. The monoisotopic (exact) mass is 373 g/mol. The lowest BCUT2D eigenvalue weighted by Crippen LogP contribution is -2.44. The lowest BCUT2D eigenvalue weighted by atomic mass is 10.2. The van der Waals surface area contributed by atoms with E-state index in [4.69, 9.17) is 18.9 Å². The van der Waals surface area contributed by atoms with Gasteiger partial charge in [-0.1, -0.05) is 6.92 Å². The zero-order valence-corrected chi connectivity index (χ0v) is 16.2. The first-order valence-corrected chi connectivity index (χ1v) is 8.93. The molecule has 1 amide bonds. The highest BCUT2D eigenvalue weighted by atomic mass is 16.5. The maximum absolute atomic E-state index is 12.5. The van der Waals surface area contributed by atoms with Gasteiger partial charge in [0.25, 0.3) is 5.91 Å². The summed E-state index contributed by atoms with van der Waals surface area (Å²) >= 11 is 0. The van der Waals surface area contributed by atoms with E-state index >= 15 is 0 Å². The second-order valence-corrected chi connectivity index (χ2v) is 6.09. The molecular weight excluding hydrogens is 346 g/mol. The van der Waals surface area contributed by atoms with Crippen molar-refractivity contribution in [3.05, 3.63) is 48.5 Å². The van der Waals surface area contributed by atoms with Crippen molar-refractivity contribution in [2.24, 2.45) is 0 Å². The summed E-state index contributed by atoms with van der Waals surface area (Å²) in [6.07, 6.45) is -0.00830. The molecule has 0 aliphatic heterocycles. The molecule has 0 bridgehead atoms. The number of methoxy groups -OCH3 is 2. The lowest BCUT2D eigenvalue weighted by molar-refractivity contribution is -0.128. The third-order valence-corrected chi connectivity index (χ3v) is 3.95. The van der Waals surface area contributed by atoms with Crippen LogP contribution in [0.25, 0.3) is 0 Å². The molecule has 146 valence electrons. The third kappa shape index (κ3) is 6.40. The highest BCUT2D eigenvalue weighted by molar-refractivity contribution is 5.81. The predicted octanol–water partition coefficient (Wildman–Crippen LogP) is 3.44. The number of hydrogen-bond donors (Lipinski definition) is 1. The Balaban J connectivity index is 1.82. The quantitative estimate of drug-likeness (QED) is 0.691. The highest BCUT2D eigenvalue weighted by Crippen LogP contribution is 2.19. The van der Waals surface area contributed by atoms with E-state index in [1.54, 1.807) is 38.5 Å². The average Bonchev–Trinajstić information content (AvgIpc) is 2.71. The van der Waals surface area contributed by atoms with Crippen molar-refractivity contribution < 1.29 is 23.7 Å². The fourth-order valence-electron chi connectivity index (χ4n) is 2.41. The second kappa shape index (κ2) is 10.3. The van der Waals surface area contributed by atoms with Crippen molar-refractivity contribution >= 4 is 5.91 Å². The highest BCUT2D eigenvalue weighted by Gasteiger charge is 2.20. The zero-order valence-electron chi connectivity index (χ0n) is 16.2. The molecule has 2 aromatic rings. The van der Waals surface area contributed by atoms with Gasteiger partial charge in [0, 0.05) is 0 Å². The summed E-state index contributed by atoms with van der Waals surface area (Å²) in [7, 11) is 3.22. The van der Waals surface area contributed by atoms with Gasteiger partial charge in [-0.25, -0.2) is 0 Å². The van der Waals surface area contributed by atoms with Gasteiger partial charge in [-0.2, -0.15) is 0 Å². The number of rotatable bonds is 10. The molecule has 6 heteroatoms. The van der Waals surface area contributed by atoms with E-state index in [1.165, 1.54) is 0 Å². The maximum Gasteiger partial charge on any atom is 0.261 e. The van der Waals surface area contributed by atoms with Gasteiger partial charge in [-0.05, 0) is 61.9 Å². The number of ether oxygens (including phenoxy) is 4. The molecule has 27 heavy (non-hydrogen) atoms. The van der Waals surface area contributed by atoms with E-state index in [1.807, 2.05) is 38.1 Å². The van der Waals surface area contributed by atoms with Gasteiger partial charge in [-0.3, -0.25) is 4.79 Å². The zero-order chi connectivity index (χ0) is 19.6. The summed E-state index contributed by atoms with van der Waals surface area (Å²) < 4.78 is 21.7. The first-order chi connectivity index (χ1) is 13.0. The van der Waals surface area contributed by atoms with Gasteiger partial charge < -0.3 is 24.3 Å². The van der Waals surface area contributed by atoms with Crippen molar-refractivity contribution in [2.45, 2.75) is 32.4 Å². The van der Waals surface area contributed by atoms with E-state index < -0.39 is 6.10 Å². The molecular formula is C21H27NO5. The molecule has 0 aliphatic rings. The third-order valence-electron chi connectivity index (χ3n) is 3.95. The summed E-state index contributed by atoms with van der Waals surface area (Å²) in [4.78, 5) is 12.5. The van der Waals surface area contributed by atoms with E-state index in [0.29, 0.717) is 18.8 Å². The van der Waals surface area contributed by atoms with Crippen molar-refractivity contribution in [2.75, 3.05) is 20.8 Å². The average molecular weight is 373 g/mol. The molecule has 0 heterocycles. The van der Waals surface area contributed by atoms with Crippen molar-refractivity contribution in [1.29, 1.82) is 0 Å². The van der Waals surface area contributed by atoms with Crippen LogP contribution in [0.3, 0.4) is 0 Å². The van der Waals surface area contributed by atoms with Gasteiger partial charge >= 0.3 is 0 Å². The fourth-order valence-corrected chi connectivity index (χ4v) is 2.41. The van der Waals surface area contributed by atoms with E-state index in [-0.39, 0.29) is 11.9 Å². The van der Waals surface area contributed by atoms with Crippen LogP contribution in [0, 0.1) is 0 Å². The van der Waals surface area contributed by atoms with Crippen LogP contribution in [0.4, 0.5) is 0 Å². The SMILES string of the molecule is CC[C@H](Oc1ccc(OC)cc1)C(=O)N[C@@H](C)COc1ccc(OC)cc1. The van der Waals surface area contributed by atoms with E-state index in [2.05, 4.69) is 5.32 Å². The molecule has 0 unspecified atom stereocenters. The Labute approximate surface area is 160 Å². The molecule has 0 saturated heterocycles. The molecule has 0 fully saturated rings. The van der Waals surface area contributed by atoms with Crippen molar-refractivity contribution in [3.63, 3.8) is 0 Å². The van der Waals surface area contributed by atoms with Crippen LogP contribution in [0.2, 0.25) is 0 Å². The van der Waals surface area contributed by atoms with Crippen LogP contribution in [-0.2, 0) is 4.79 Å². The molecule has 6 nitrogen and oxygen atoms in total. The number of carbonyl (C=O) groups excluding carboxylic acids is 1. The number of amides is 1. The van der Waals surface area contributed by atoms with Gasteiger partial charge in [0.1, 0.15) is 29.6 Å². The van der Waals surface area contributed by atoms with Crippen molar-refractivity contribution in [3.8, 4) is 23.0 Å². The van der Waals surface area contributed by atoms with Gasteiger partial charge in [0.05, 0.1) is 20.3 Å². The molecule has 0 spiro atoms. The first kappa shape index (κ1) is 20.4. The minimum absolute atomic E-state index is 0.159. The molecule has 1 N–H and O–H groups in total. The molecule has 0 saturated carbocycles. The van der Waals surface area contributed by atoms with Crippen LogP contribution in [0.1, 0.15) is 20.3 Å². The number of carbonyl (C=O) groups is 1. The Morgan fingerprint density at radius 2 is 1.37 bits per heavy atom. The van der Waals surface area contributed by atoms with Crippen LogP contribution in [0.15, 0.2) is 48.5 Å². The summed E-state index contributed by atoms with van der Waals surface area (Å²) in [5.41, 5.74) is 0. The molecule has 2 aromatic carbocycles. The lowest BCUT2D eigenvalue weighted by Gasteiger charge is -2.21. The first-order valence-electron chi connectivity index (χ1n) is 8.93. The Kier molecular flexibility index (Phi) is 7.79. The molecule has 0 aromatic heterocycles. The summed E-state index contributed by atoms with van der Waals surface area (Å²) in [6, 6.07) is 14.3. The molecule has 0 aliphatic carbocycles. The smallest absolute Gasteiger partial charge is 0.261 e. The normalized spacial score (nSPS) is 12.6. The summed E-state index contributed by atoms with van der Waals surface area (Å²) in [5.74, 6) is 2.69. The number of nitrogens with one attached hydrogen (secondary N) is 1. The van der Waals surface area contributed by atoms with Crippen LogP contribution >= 0.6 is 0 Å². The molecule has 2 rings (SSSR count). The van der Waals surface area contributed by atoms with Crippen LogP contribution < -0.4 is 24.3 Å². The van der Waals surface area contributed by atoms with Crippen molar-refractivity contribution in [1.82, 2.24) is 5.32 Å². The molecule has 0 radical (unpaired) electrons. The summed E-state index contributed by atoms with van der Waals surface area (Å²) in [6.45, 7) is 4.16. The Bertz CT molecular complexity index is 700. The van der Waals surface area contributed by atoms with Gasteiger partial charge in [-0.15, -0.1) is 0 Å². The van der Waals surface area contributed by atoms with Crippen LogP contribution in [0.5, 0.6) is 23.0 Å². The molecule has 2 atom stereocenters. The van der Waals surface area contributed by atoms with Gasteiger partial charge in [0.15, 0.2) is 6.10 Å². The topological polar surface area (TPSA) is 66.0 Å². The van der Waals surface area contributed by atoms with E-state index in [0.717, 1.165) is 17.2 Å². The fraction of sp³-hybridized carbons (Fsp3) is 0.381. The van der Waals surface area contributed by atoms with E-state index in [9.17, 15) is 4.79 Å². The largest absolute Gasteiger partial charge is 0.497 e. The predicted molar refractivity (Wildman–Crippen MR) is 104 cm³/mol. The Morgan fingerprint density at radius 1 is 0.889 bits per heavy atom. The number of benzene rings is 2. The maximum atomic E-state index is 12.5. The Hall–Kier alpha value is -2.89. The van der Waals surface area contributed by atoms with Crippen LogP contribution in [-0.4, -0.2) is 38.9 Å². The summed E-state index contributed by atoms with van der Waals surface area (Å²) in [5, 5.41) is 2.93. The minimum atomic E-state index is -0.568.